The van der Waals surface area contributed by atoms with E-state index in [2.05, 4.69) is 38.6 Å². The first kappa shape index (κ1) is 22.2. The highest BCUT2D eigenvalue weighted by Gasteiger charge is 2.13. The van der Waals surface area contributed by atoms with Crippen molar-refractivity contribution < 1.29 is 9.53 Å². The summed E-state index contributed by atoms with van der Waals surface area (Å²) < 4.78 is 5.43. The van der Waals surface area contributed by atoms with Crippen molar-refractivity contribution in [2.75, 3.05) is 47.6 Å². The minimum Gasteiger partial charge on any atom is -0.383 e. The smallest absolute Gasteiger partial charge is 0.300 e. The van der Waals surface area contributed by atoms with Gasteiger partial charge < -0.3 is 26.0 Å². The van der Waals surface area contributed by atoms with Gasteiger partial charge in [-0.1, -0.05) is 24.3 Å². The minimum atomic E-state index is -0.502. The fourth-order valence-corrected chi connectivity index (χ4v) is 4.10. The number of nitrogens with zero attached hydrogens (tertiary/aromatic N) is 3. The molecule has 1 aliphatic heterocycles. The summed E-state index contributed by atoms with van der Waals surface area (Å²) in [6, 6.07) is 21.3. The highest BCUT2D eigenvalue weighted by molar-refractivity contribution is 6.04. The number of nitrogens with one attached hydrogen (secondary N) is 2. The van der Waals surface area contributed by atoms with E-state index in [0.717, 1.165) is 54.2 Å². The number of nitrogens with two attached hydrogens (primary N) is 1. The lowest BCUT2D eigenvalue weighted by molar-refractivity contribution is -0.111. The van der Waals surface area contributed by atoms with Gasteiger partial charge in [-0.15, -0.1) is 6.42 Å². The number of ether oxygens (including phenoxy) is 1. The molecule has 0 bridgehead atoms. The molecule has 4 aromatic rings. The molecule has 1 fully saturated rings. The minimum absolute atomic E-state index is 0.376. The second kappa shape index (κ2) is 9.71. The lowest BCUT2D eigenvalue weighted by Crippen LogP contribution is -2.36. The van der Waals surface area contributed by atoms with Crippen LogP contribution < -0.4 is 21.3 Å². The van der Waals surface area contributed by atoms with Crippen LogP contribution in [0.2, 0.25) is 0 Å². The van der Waals surface area contributed by atoms with Gasteiger partial charge in [0.25, 0.3) is 5.91 Å². The molecule has 4 N–H and O–H groups in total. The summed E-state index contributed by atoms with van der Waals surface area (Å²) in [6.45, 7) is 3.25. The highest BCUT2D eigenvalue weighted by atomic mass is 16.5. The number of fused-ring (bicyclic) bond motifs is 1. The predicted octanol–water partition coefficient (Wildman–Crippen LogP) is 4.03. The zero-order valence-corrected chi connectivity index (χ0v) is 19.0. The summed E-state index contributed by atoms with van der Waals surface area (Å²) in [6.07, 6.45) is 5.18. The Bertz CT molecular complexity index is 1420. The van der Waals surface area contributed by atoms with Gasteiger partial charge in [0.1, 0.15) is 5.82 Å². The Kier molecular flexibility index (Phi) is 6.16. The number of morpholine rings is 1. The summed E-state index contributed by atoms with van der Waals surface area (Å²) in [5.74, 6) is 2.33. The van der Waals surface area contributed by atoms with Crippen molar-refractivity contribution in [1.82, 2.24) is 9.97 Å². The SMILES string of the molecule is C#CC(=O)Nc1cccc(-c2cccc3c(N)nc(Nc4ccc(N5CCOCC5)cc4)nc23)c1. The maximum Gasteiger partial charge on any atom is 0.300 e. The molecule has 0 radical (unpaired) electrons. The average Bonchev–Trinajstić information content (AvgIpc) is 2.89. The van der Waals surface area contributed by atoms with Gasteiger partial charge in [0.05, 0.1) is 18.7 Å². The van der Waals surface area contributed by atoms with Crippen molar-refractivity contribution in [3.63, 3.8) is 0 Å². The predicted molar refractivity (Wildman–Crippen MR) is 140 cm³/mol. The monoisotopic (exact) mass is 464 g/mol. The van der Waals surface area contributed by atoms with E-state index in [1.54, 1.807) is 6.07 Å². The molecular weight excluding hydrogens is 440 g/mol. The van der Waals surface area contributed by atoms with Crippen LogP contribution in [0.15, 0.2) is 66.7 Å². The van der Waals surface area contributed by atoms with Gasteiger partial charge in [0.15, 0.2) is 0 Å². The summed E-state index contributed by atoms with van der Waals surface area (Å²) >= 11 is 0. The van der Waals surface area contributed by atoms with Crippen LogP contribution >= 0.6 is 0 Å². The lowest BCUT2D eigenvalue weighted by atomic mass is 10.0. The number of rotatable bonds is 5. The summed E-state index contributed by atoms with van der Waals surface area (Å²) in [7, 11) is 0. The van der Waals surface area contributed by atoms with Crippen LogP contribution in [0.5, 0.6) is 0 Å². The molecule has 1 amide bonds. The van der Waals surface area contributed by atoms with Gasteiger partial charge in [-0.2, -0.15) is 4.98 Å². The number of carbonyl (C=O) groups is 1. The fraction of sp³-hybridized carbons (Fsp3) is 0.148. The standard InChI is InChI=1S/C27H24N6O2/c1-2-24(34)29-20-6-3-5-18(17-20)22-7-4-8-23-25(22)31-27(32-26(23)28)30-19-9-11-21(12-10-19)33-13-15-35-16-14-33/h1,3-12,17H,13-16H2,(H,29,34)(H3,28,30,31,32). The van der Waals surface area contributed by atoms with Gasteiger partial charge in [-0.25, -0.2) is 4.98 Å². The molecule has 0 spiro atoms. The molecule has 8 heteroatoms. The lowest BCUT2D eigenvalue weighted by Gasteiger charge is -2.28. The molecule has 0 aliphatic carbocycles. The first-order valence-corrected chi connectivity index (χ1v) is 11.2. The van der Waals surface area contributed by atoms with E-state index >= 15 is 0 Å². The number of benzene rings is 3. The molecule has 1 saturated heterocycles. The quantitative estimate of drug-likeness (QED) is 0.383. The van der Waals surface area contributed by atoms with Crippen molar-refractivity contribution >= 4 is 45.6 Å². The molecule has 0 unspecified atom stereocenters. The zero-order chi connectivity index (χ0) is 24.2. The number of amides is 1. The van der Waals surface area contributed by atoms with Gasteiger partial charge in [0.2, 0.25) is 5.95 Å². The van der Waals surface area contributed by atoms with Crippen LogP contribution in [-0.4, -0.2) is 42.2 Å². The van der Waals surface area contributed by atoms with Crippen molar-refractivity contribution in [1.29, 1.82) is 0 Å². The molecule has 35 heavy (non-hydrogen) atoms. The Balaban J connectivity index is 1.45. The first-order chi connectivity index (χ1) is 17.1. The van der Waals surface area contributed by atoms with Crippen molar-refractivity contribution in [2.45, 2.75) is 0 Å². The zero-order valence-electron chi connectivity index (χ0n) is 19.0. The third kappa shape index (κ3) is 4.86. The van der Waals surface area contributed by atoms with E-state index in [-0.39, 0.29) is 0 Å². The van der Waals surface area contributed by atoms with E-state index in [0.29, 0.717) is 23.0 Å². The third-order valence-electron chi connectivity index (χ3n) is 5.82. The maximum atomic E-state index is 11.6. The summed E-state index contributed by atoms with van der Waals surface area (Å²) in [5, 5.41) is 6.69. The number of aromatic nitrogens is 2. The third-order valence-corrected chi connectivity index (χ3v) is 5.82. The average molecular weight is 465 g/mol. The second-order valence-corrected chi connectivity index (χ2v) is 8.08. The van der Waals surface area contributed by atoms with Crippen LogP contribution in [0.4, 0.5) is 28.8 Å². The molecule has 1 aliphatic rings. The number of para-hydroxylation sites is 1. The van der Waals surface area contributed by atoms with Crippen molar-refractivity contribution in [3.05, 3.63) is 66.7 Å². The molecule has 0 saturated carbocycles. The number of hydrogen-bond acceptors (Lipinski definition) is 7. The molecule has 2 heterocycles. The van der Waals surface area contributed by atoms with E-state index < -0.39 is 5.91 Å². The number of terminal acetylenes is 1. The van der Waals surface area contributed by atoms with Crippen LogP contribution in [0, 0.1) is 12.3 Å². The van der Waals surface area contributed by atoms with Crippen molar-refractivity contribution in [3.8, 4) is 23.5 Å². The molecule has 1 aromatic heterocycles. The van der Waals surface area contributed by atoms with Gasteiger partial charge in [-0.3, -0.25) is 4.79 Å². The van der Waals surface area contributed by atoms with Gasteiger partial charge >= 0.3 is 0 Å². The van der Waals surface area contributed by atoms with E-state index in [9.17, 15) is 4.79 Å². The molecular formula is C27H24N6O2. The molecule has 174 valence electrons. The molecule has 5 rings (SSSR count). The van der Waals surface area contributed by atoms with Gasteiger partial charge in [-0.05, 0) is 53.9 Å². The second-order valence-electron chi connectivity index (χ2n) is 8.08. The highest BCUT2D eigenvalue weighted by Crippen LogP contribution is 2.32. The Morgan fingerprint density at radius 1 is 1.00 bits per heavy atom. The maximum absolute atomic E-state index is 11.6. The fourth-order valence-electron chi connectivity index (χ4n) is 4.10. The summed E-state index contributed by atoms with van der Waals surface area (Å²) in [5.41, 5.74) is 11.3. The molecule has 3 aromatic carbocycles. The largest absolute Gasteiger partial charge is 0.383 e. The Morgan fingerprint density at radius 3 is 2.54 bits per heavy atom. The Hall–Kier alpha value is -4.61. The molecule has 0 atom stereocenters. The number of carbonyl (C=O) groups excluding carboxylic acids is 1. The van der Waals surface area contributed by atoms with E-state index in [4.69, 9.17) is 21.9 Å². The number of anilines is 5. The van der Waals surface area contributed by atoms with E-state index in [1.165, 1.54) is 0 Å². The van der Waals surface area contributed by atoms with Crippen molar-refractivity contribution in [2.24, 2.45) is 0 Å². The molecule has 8 nitrogen and oxygen atoms in total. The van der Waals surface area contributed by atoms with Crippen LogP contribution in [0.25, 0.3) is 22.0 Å². The summed E-state index contributed by atoms with van der Waals surface area (Å²) in [4.78, 5) is 23.1. The van der Waals surface area contributed by atoms with Crippen LogP contribution in [-0.2, 0) is 9.53 Å². The number of hydrogen-bond donors (Lipinski definition) is 3. The number of nitrogen functional groups attached to an aromatic ring is 1. The normalized spacial score (nSPS) is 13.3. The Morgan fingerprint density at radius 2 is 1.77 bits per heavy atom. The first-order valence-electron chi connectivity index (χ1n) is 11.2. The van der Waals surface area contributed by atoms with E-state index in [1.807, 2.05) is 48.5 Å². The Labute approximate surface area is 203 Å². The van der Waals surface area contributed by atoms with Gasteiger partial charge in [0, 0.05) is 41.1 Å². The topological polar surface area (TPSA) is 105 Å². The van der Waals surface area contributed by atoms with Crippen LogP contribution in [0.3, 0.4) is 0 Å². The van der Waals surface area contributed by atoms with Crippen LogP contribution in [0.1, 0.15) is 0 Å².